The van der Waals surface area contributed by atoms with E-state index in [2.05, 4.69) is 20.4 Å². The minimum atomic E-state index is -3.74. The Bertz CT molecular complexity index is 938. The van der Waals surface area contributed by atoms with Gasteiger partial charge in [0.1, 0.15) is 5.75 Å². The van der Waals surface area contributed by atoms with Crippen molar-refractivity contribution < 1.29 is 21.9 Å². The van der Waals surface area contributed by atoms with Crippen molar-refractivity contribution in [2.24, 2.45) is 10.1 Å². The first-order valence-corrected chi connectivity index (χ1v) is 9.91. The first kappa shape index (κ1) is 21.9. The monoisotopic (exact) mass is 432 g/mol. The van der Waals surface area contributed by atoms with E-state index in [4.69, 9.17) is 16.7 Å². The minimum Gasteiger partial charge on any atom is -0.434 e. The molecule has 0 heterocycles. The van der Waals surface area contributed by atoms with E-state index >= 15 is 0 Å². The molecule has 0 aromatic heterocycles. The van der Waals surface area contributed by atoms with Crippen LogP contribution in [0.25, 0.3) is 0 Å². The third-order valence-corrected chi connectivity index (χ3v) is 4.78. The number of nitrogens with zero attached hydrogens (tertiary/aromatic N) is 1. The van der Waals surface area contributed by atoms with E-state index in [0.29, 0.717) is 23.1 Å². The Hall–Kier alpha value is -2.43. The number of alkyl halides is 2. The molecule has 2 aromatic rings. The van der Waals surface area contributed by atoms with E-state index in [1.54, 1.807) is 19.2 Å². The van der Waals surface area contributed by atoms with E-state index in [9.17, 15) is 17.2 Å². The second-order valence-corrected chi connectivity index (χ2v) is 7.60. The van der Waals surface area contributed by atoms with Crippen LogP contribution in [0.15, 0.2) is 52.4 Å². The third-order valence-electron chi connectivity index (χ3n) is 3.62. The molecule has 0 radical (unpaired) electrons. The molecule has 0 aliphatic rings. The van der Waals surface area contributed by atoms with Crippen LogP contribution in [0.2, 0.25) is 5.02 Å². The SMILES string of the molecule is CN=C(NCc1ccc(S(N)(=O)=O)cc1)NCc1cc(Cl)ccc1OC(F)F. The van der Waals surface area contributed by atoms with Gasteiger partial charge in [-0.1, -0.05) is 23.7 Å². The lowest BCUT2D eigenvalue weighted by atomic mass is 10.2. The minimum absolute atomic E-state index is 0.0148. The lowest BCUT2D eigenvalue weighted by molar-refractivity contribution is -0.0504. The summed E-state index contributed by atoms with van der Waals surface area (Å²) < 4.78 is 52.0. The summed E-state index contributed by atoms with van der Waals surface area (Å²) in [5.41, 5.74) is 1.23. The number of hydrogen-bond donors (Lipinski definition) is 3. The van der Waals surface area contributed by atoms with E-state index < -0.39 is 16.6 Å². The quantitative estimate of drug-likeness (QED) is 0.460. The standard InChI is InChI=1S/C17H19ClF2N4O3S/c1-22-17(23-9-11-2-5-14(6-3-11)28(21,25)26)24-10-12-8-13(18)4-7-15(12)27-16(19)20/h2-8,16H,9-10H2,1H3,(H2,21,25,26)(H2,22,23,24). The van der Waals surface area contributed by atoms with Gasteiger partial charge in [0.25, 0.3) is 0 Å². The largest absolute Gasteiger partial charge is 0.434 e. The van der Waals surface area contributed by atoms with Crippen LogP contribution in [0.4, 0.5) is 8.78 Å². The Morgan fingerprint density at radius 3 is 2.39 bits per heavy atom. The van der Waals surface area contributed by atoms with Crippen LogP contribution in [0.5, 0.6) is 5.75 Å². The van der Waals surface area contributed by atoms with Gasteiger partial charge in [-0.05, 0) is 35.9 Å². The number of ether oxygens (including phenoxy) is 1. The van der Waals surface area contributed by atoms with Crippen LogP contribution in [0, 0.1) is 0 Å². The van der Waals surface area contributed by atoms with Crippen molar-refractivity contribution in [3.63, 3.8) is 0 Å². The molecule has 0 saturated carbocycles. The number of benzene rings is 2. The van der Waals surface area contributed by atoms with E-state index in [-0.39, 0.29) is 17.2 Å². The highest BCUT2D eigenvalue weighted by Gasteiger charge is 2.11. The molecule has 0 fully saturated rings. The van der Waals surface area contributed by atoms with Gasteiger partial charge in [-0.15, -0.1) is 0 Å². The zero-order chi connectivity index (χ0) is 20.7. The molecule has 2 rings (SSSR count). The molecule has 0 aliphatic heterocycles. The van der Waals surface area contributed by atoms with Crippen molar-refractivity contribution >= 4 is 27.6 Å². The highest BCUT2D eigenvalue weighted by Crippen LogP contribution is 2.24. The van der Waals surface area contributed by atoms with E-state index in [1.165, 1.54) is 30.3 Å². The second kappa shape index (κ2) is 9.67. The van der Waals surface area contributed by atoms with Crippen molar-refractivity contribution in [2.75, 3.05) is 7.05 Å². The molecular weight excluding hydrogens is 414 g/mol. The van der Waals surface area contributed by atoms with Crippen molar-refractivity contribution in [2.45, 2.75) is 24.6 Å². The molecule has 7 nitrogen and oxygen atoms in total. The number of aliphatic imine (C=N–C) groups is 1. The fraction of sp³-hybridized carbons (Fsp3) is 0.235. The molecule has 0 aliphatic carbocycles. The number of guanidine groups is 1. The third kappa shape index (κ3) is 6.63. The molecule has 0 amide bonds. The fourth-order valence-electron chi connectivity index (χ4n) is 2.28. The molecule has 28 heavy (non-hydrogen) atoms. The summed E-state index contributed by atoms with van der Waals surface area (Å²) in [5.74, 6) is 0.416. The zero-order valence-electron chi connectivity index (χ0n) is 14.8. The first-order chi connectivity index (χ1) is 13.2. The number of rotatable bonds is 7. The summed E-state index contributed by atoms with van der Waals surface area (Å²) in [5, 5.41) is 11.4. The van der Waals surface area contributed by atoms with Crippen LogP contribution in [-0.2, 0) is 23.1 Å². The highest BCUT2D eigenvalue weighted by atomic mass is 35.5. The number of primary sulfonamides is 1. The summed E-state index contributed by atoms with van der Waals surface area (Å²) in [6, 6.07) is 10.4. The smallest absolute Gasteiger partial charge is 0.387 e. The van der Waals surface area contributed by atoms with Crippen molar-refractivity contribution in [3.8, 4) is 5.75 Å². The van der Waals surface area contributed by atoms with Gasteiger partial charge in [0.15, 0.2) is 5.96 Å². The van der Waals surface area contributed by atoms with Crippen LogP contribution < -0.4 is 20.5 Å². The summed E-state index contributed by atoms with van der Waals surface area (Å²) in [6.07, 6.45) is 0. The predicted molar refractivity (Wildman–Crippen MR) is 103 cm³/mol. The average Bonchev–Trinajstić information content (AvgIpc) is 2.63. The second-order valence-electron chi connectivity index (χ2n) is 5.60. The Morgan fingerprint density at radius 2 is 1.82 bits per heavy atom. The lowest BCUT2D eigenvalue weighted by Gasteiger charge is -2.15. The zero-order valence-corrected chi connectivity index (χ0v) is 16.4. The summed E-state index contributed by atoms with van der Waals surface area (Å²) >= 11 is 5.92. The normalized spacial score (nSPS) is 12.1. The Kier molecular flexibility index (Phi) is 7.55. The number of hydrogen-bond acceptors (Lipinski definition) is 4. The molecule has 0 atom stereocenters. The van der Waals surface area contributed by atoms with Gasteiger partial charge < -0.3 is 15.4 Å². The molecule has 4 N–H and O–H groups in total. The molecule has 2 aromatic carbocycles. The number of nitrogens with one attached hydrogen (secondary N) is 2. The maximum absolute atomic E-state index is 12.5. The number of halogens is 3. The molecule has 0 bridgehead atoms. The lowest BCUT2D eigenvalue weighted by Crippen LogP contribution is -2.36. The van der Waals surface area contributed by atoms with E-state index in [1.807, 2.05) is 0 Å². The van der Waals surface area contributed by atoms with Gasteiger partial charge >= 0.3 is 6.61 Å². The van der Waals surface area contributed by atoms with Gasteiger partial charge in [-0.3, -0.25) is 4.99 Å². The van der Waals surface area contributed by atoms with Crippen molar-refractivity contribution in [3.05, 3.63) is 58.6 Å². The molecule has 11 heteroatoms. The van der Waals surface area contributed by atoms with E-state index in [0.717, 1.165) is 5.56 Å². The summed E-state index contributed by atoms with van der Waals surface area (Å²) in [7, 11) is -2.19. The number of nitrogens with two attached hydrogens (primary N) is 1. The number of sulfonamides is 1. The Morgan fingerprint density at radius 1 is 1.18 bits per heavy atom. The van der Waals surface area contributed by atoms with Crippen LogP contribution in [-0.4, -0.2) is 28.0 Å². The molecule has 0 unspecified atom stereocenters. The molecule has 152 valence electrons. The topological polar surface area (TPSA) is 106 Å². The Balaban J connectivity index is 1.98. The van der Waals surface area contributed by atoms with Gasteiger partial charge in [0.2, 0.25) is 10.0 Å². The fourth-order valence-corrected chi connectivity index (χ4v) is 2.99. The molecule has 0 spiro atoms. The van der Waals surface area contributed by atoms with Gasteiger partial charge in [0.05, 0.1) is 4.90 Å². The van der Waals surface area contributed by atoms with Gasteiger partial charge in [-0.2, -0.15) is 8.78 Å². The highest BCUT2D eigenvalue weighted by molar-refractivity contribution is 7.89. The summed E-state index contributed by atoms with van der Waals surface area (Å²) in [6.45, 7) is -2.45. The first-order valence-electron chi connectivity index (χ1n) is 7.98. The van der Waals surface area contributed by atoms with Crippen molar-refractivity contribution in [1.29, 1.82) is 0 Å². The van der Waals surface area contributed by atoms with Gasteiger partial charge in [0, 0.05) is 30.7 Å². The van der Waals surface area contributed by atoms with Crippen molar-refractivity contribution in [1.82, 2.24) is 10.6 Å². The maximum atomic E-state index is 12.5. The maximum Gasteiger partial charge on any atom is 0.387 e. The predicted octanol–water partition coefficient (Wildman–Crippen LogP) is 2.45. The van der Waals surface area contributed by atoms with Crippen LogP contribution in [0.3, 0.4) is 0 Å². The van der Waals surface area contributed by atoms with Crippen LogP contribution >= 0.6 is 11.6 Å². The Labute approximate surface area is 166 Å². The summed E-state index contributed by atoms with van der Waals surface area (Å²) in [4.78, 5) is 4.06. The average molecular weight is 433 g/mol. The molecule has 0 saturated heterocycles. The molecular formula is C17H19ClF2N4O3S. The van der Waals surface area contributed by atoms with Crippen LogP contribution in [0.1, 0.15) is 11.1 Å². The van der Waals surface area contributed by atoms with Gasteiger partial charge in [-0.25, -0.2) is 13.6 Å².